The highest BCUT2D eigenvalue weighted by molar-refractivity contribution is 7.79. The number of nitrogens with zero attached hydrogens (tertiary/aromatic N) is 1. The second-order valence-electron chi connectivity index (χ2n) is 9.20. The van der Waals surface area contributed by atoms with Gasteiger partial charge in [-0.3, -0.25) is 0 Å². The highest BCUT2D eigenvalue weighted by Crippen LogP contribution is 2.35. The lowest BCUT2D eigenvalue weighted by Crippen LogP contribution is -2.59. The van der Waals surface area contributed by atoms with E-state index in [2.05, 4.69) is 128 Å². The summed E-state index contributed by atoms with van der Waals surface area (Å²) in [6.45, 7) is 14.8. The molecule has 0 saturated carbocycles. The van der Waals surface area contributed by atoms with Gasteiger partial charge in [0.05, 0.1) is 0 Å². The fraction of sp³-hybridized carbons (Fsp3) is 0.250. The molecule has 146 valence electrons. The van der Waals surface area contributed by atoms with E-state index in [0.29, 0.717) is 0 Å². The molecule has 0 aliphatic heterocycles. The fourth-order valence-electron chi connectivity index (χ4n) is 4.15. The van der Waals surface area contributed by atoms with Gasteiger partial charge in [-0.15, -0.1) is 0 Å². The highest BCUT2D eigenvalue weighted by Gasteiger charge is 2.34. The molecule has 0 N–H and O–H groups in total. The van der Waals surface area contributed by atoms with E-state index in [1.54, 1.807) is 0 Å². The molecule has 0 heterocycles. The second kappa shape index (κ2) is 8.36. The minimum atomic E-state index is -1.48. The Balaban J connectivity index is 2.14. The van der Waals surface area contributed by atoms with Crippen molar-refractivity contribution >= 4 is 46.0 Å². The maximum Gasteiger partial charge on any atom is 0.138 e. The normalized spacial score (nSPS) is 12.2. The molecule has 0 aromatic heterocycles. The van der Waals surface area contributed by atoms with Gasteiger partial charge in [-0.05, 0) is 36.0 Å². The van der Waals surface area contributed by atoms with Gasteiger partial charge in [-0.25, -0.2) is 0 Å². The smallest absolute Gasteiger partial charge is 0.138 e. The summed E-state index contributed by atoms with van der Waals surface area (Å²) in [5.41, 5.74) is 1.41. The molecule has 0 aliphatic carbocycles. The van der Waals surface area contributed by atoms with Gasteiger partial charge in [0.25, 0.3) is 0 Å². The number of hydrogen-bond acceptors (Lipinski definition) is 1. The van der Waals surface area contributed by atoms with Crippen molar-refractivity contribution in [2.24, 2.45) is 0 Å². The van der Waals surface area contributed by atoms with Crippen LogP contribution in [0.3, 0.4) is 0 Å². The van der Waals surface area contributed by atoms with Crippen LogP contribution in [0.25, 0.3) is 0 Å². The first kappa shape index (κ1) is 21.0. The molecule has 0 fully saturated rings. The Kier molecular flexibility index (Phi) is 6.29. The van der Waals surface area contributed by atoms with Gasteiger partial charge >= 0.3 is 0 Å². The zero-order valence-corrected chi connectivity index (χ0v) is 20.9. The molecular weight excluding hydrogens is 389 g/mol. The molecule has 0 amide bonds. The average molecular weight is 422 g/mol. The topological polar surface area (TPSA) is 3.24 Å². The molecule has 3 rings (SSSR count). The molecule has 1 nitrogen and oxygen atoms in total. The second-order valence-corrected chi connectivity index (χ2v) is 21.4. The molecule has 4 heteroatoms. The van der Waals surface area contributed by atoms with Crippen molar-refractivity contribution in [3.05, 3.63) is 84.9 Å². The van der Waals surface area contributed by atoms with E-state index in [1.807, 2.05) is 0 Å². The van der Waals surface area contributed by atoms with Crippen molar-refractivity contribution in [2.45, 2.75) is 39.3 Å². The predicted molar refractivity (Wildman–Crippen MR) is 134 cm³/mol. The van der Waals surface area contributed by atoms with Crippen molar-refractivity contribution in [1.82, 2.24) is 0 Å². The van der Waals surface area contributed by atoms with Crippen molar-refractivity contribution in [2.75, 3.05) is 4.23 Å². The van der Waals surface area contributed by atoms with E-state index >= 15 is 0 Å². The predicted octanol–water partition coefficient (Wildman–Crippen LogP) is 5.92. The third kappa shape index (κ3) is 4.83. The first-order chi connectivity index (χ1) is 13.2. The van der Waals surface area contributed by atoms with E-state index < -0.39 is 24.4 Å². The number of rotatable bonds is 6. The Labute approximate surface area is 174 Å². The van der Waals surface area contributed by atoms with Crippen LogP contribution in [0.15, 0.2) is 84.9 Å². The zero-order chi connectivity index (χ0) is 20.4. The summed E-state index contributed by atoms with van der Waals surface area (Å²) in [5.74, 6) is 0. The fourth-order valence-corrected chi connectivity index (χ4v) is 16.4. The third-order valence-corrected chi connectivity index (χ3v) is 14.4. The van der Waals surface area contributed by atoms with Crippen LogP contribution in [0.1, 0.15) is 0 Å². The van der Waals surface area contributed by atoms with Crippen molar-refractivity contribution in [3.8, 4) is 0 Å². The Morgan fingerprint density at radius 1 is 0.536 bits per heavy atom. The van der Waals surface area contributed by atoms with Crippen LogP contribution < -0.4 is 20.1 Å². The molecule has 0 aliphatic rings. The zero-order valence-electron chi connectivity index (χ0n) is 18.0. The quantitative estimate of drug-likeness (QED) is 0.353. The summed E-state index contributed by atoms with van der Waals surface area (Å²) in [7, 11) is -3.51. The lowest BCUT2D eigenvalue weighted by atomic mass is 10.3. The summed E-state index contributed by atoms with van der Waals surface area (Å²) >= 11 is 0. The summed E-state index contributed by atoms with van der Waals surface area (Å²) in [6, 6.07) is 31.4. The lowest BCUT2D eigenvalue weighted by Gasteiger charge is -2.46. The average Bonchev–Trinajstić information content (AvgIpc) is 2.62. The molecule has 0 saturated heterocycles. The van der Waals surface area contributed by atoms with Crippen LogP contribution in [0.5, 0.6) is 0 Å². The van der Waals surface area contributed by atoms with Crippen LogP contribution in [0.4, 0.5) is 5.69 Å². The lowest BCUT2D eigenvalue weighted by molar-refractivity contribution is 1.36. The van der Waals surface area contributed by atoms with Gasteiger partial charge in [0.15, 0.2) is 0 Å². The van der Waals surface area contributed by atoms with E-state index in [4.69, 9.17) is 0 Å². The Hall–Kier alpha value is -1.68. The molecule has 0 spiro atoms. The van der Waals surface area contributed by atoms with Crippen molar-refractivity contribution < 1.29 is 0 Å². The standard InChI is InChI=1S/C24H32NPSi2/c1-27(2,3)25(28(4,5)6)21-14-13-19-24(20-21)26(22-15-9-7-10-16-22)23-17-11-8-12-18-23/h7-20H,1-6H3. The Morgan fingerprint density at radius 3 is 1.39 bits per heavy atom. The minimum Gasteiger partial charge on any atom is -0.425 e. The Morgan fingerprint density at radius 2 is 0.964 bits per heavy atom. The molecule has 3 aromatic rings. The van der Waals surface area contributed by atoms with Crippen molar-refractivity contribution in [3.63, 3.8) is 0 Å². The number of anilines is 1. The molecule has 0 atom stereocenters. The van der Waals surface area contributed by atoms with Crippen LogP contribution in [-0.2, 0) is 0 Å². The molecule has 0 radical (unpaired) electrons. The molecular formula is C24H32NPSi2. The van der Waals surface area contributed by atoms with Gasteiger partial charge in [0.2, 0.25) is 0 Å². The summed E-state index contributed by atoms with van der Waals surface area (Å²) in [5, 5.41) is 4.26. The van der Waals surface area contributed by atoms with Gasteiger partial charge in [0.1, 0.15) is 16.5 Å². The first-order valence-electron chi connectivity index (χ1n) is 9.98. The molecule has 3 aromatic carbocycles. The van der Waals surface area contributed by atoms with Gasteiger partial charge < -0.3 is 4.23 Å². The SMILES string of the molecule is C[Si](C)(C)N(c1cccc(P(c2ccccc2)c2ccccc2)c1)[Si](C)(C)C. The van der Waals surface area contributed by atoms with Gasteiger partial charge in [-0.1, -0.05) is 112 Å². The third-order valence-electron chi connectivity index (χ3n) is 4.72. The van der Waals surface area contributed by atoms with E-state index in [9.17, 15) is 0 Å². The van der Waals surface area contributed by atoms with Gasteiger partial charge in [-0.2, -0.15) is 0 Å². The molecule has 0 unspecified atom stereocenters. The van der Waals surface area contributed by atoms with E-state index in [1.165, 1.54) is 21.6 Å². The van der Waals surface area contributed by atoms with Crippen LogP contribution in [0.2, 0.25) is 39.3 Å². The maximum absolute atomic E-state index is 2.81. The summed E-state index contributed by atoms with van der Waals surface area (Å²) in [4.78, 5) is 0. The largest absolute Gasteiger partial charge is 0.425 e. The summed E-state index contributed by atoms with van der Waals surface area (Å²) < 4.78 is 2.81. The maximum atomic E-state index is 2.81. The molecule has 0 bridgehead atoms. The van der Waals surface area contributed by atoms with Gasteiger partial charge in [0, 0.05) is 5.69 Å². The monoisotopic (exact) mass is 421 g/mol. The number of hydrogen-bond donors (Lipinski definition) is 0. The summed E-state index contributed by atoms with van der Waals surface area (Å²) in [6.07, 6.45) is 0. The number of benzene rings is 3. The van der Waals surface area contributed by atoms with E-state index in [-0.39, 0.29) is 0 Å². The minimum absolute atomic E-state index is 0.554. The van der Waals surface area contributed by atoms with Crippen LogP contribution >= 0.6 is 7.92 Å². The molecule has 28 heavy (non-hydrogen) atoms. The Bertz CT molecular complexity index is 846. The van der Waals surface area contributed by atoms with Crippen LogP contribution in [0, 0.1) is 0 Å². The van der Waals surface area contributed by atoms with Crippen molar-refractivity contribution in [1.29, 1.82) is 0 Å². The first-order valence-corrected chi connectivity index (χ1v) is 18.2. The van der Waals surface area contributed by atoms with Crippen LogP contribution in [-0.4, -0.2) is 16.5 Å². The highest BCUT2D eigenvalue weighted by atomic mass is 31.1. The van der Waals surface area contributed by atoms with E-state index in [0.717, 1.165) is 0 Å².